The summed E-state index contributed by atoms with van der Waals surface area (Å²) in [7, 11) is 0. The lowest BCUT2D eigenvalue weighted by Gasteiger charge is -2.40. The quantitative estimate of drug-likeness (QED) is 0.757. The first-order valence-corrected chi connectivity index (χ1v) is 7.57. The highest BCUT2D eigenvalue weighted by Crippen LogP contribution is 2.35. The number of likely N-dealkylation sites (N-methyl/N-ethyl adjacent to an activating group) is 1. The third kappa shape index (κ3) is 3.80. The molecule has 0 aliphatic heterocycles. The molecule has 0 heterocycles. The first-order chi connectivity index (χ1) is 9.13. The standard InChI is InChI=1S/C17H29NO/c1-6-17(7-2,19-9-4)16(18-8-3)15-12-10-11-14(5)13-15/h10-13,16,18H,6-9H2,1-5H3. The van der Waals surface area contributed by atoms with E-state index in [0.717, 1.165) is 26.0 Å². The van der Waals surface area contributed by atoms with Gasteiger partial charge in [-0.25, -0.2) is 0 Å². The molecule has 0 amide bonds. The van der Waals surface area contributed by atoms with E-state index in [1.165, 1.54) is 11.1 Å². The monoisotopic (exact) mass is 263 g/mol. The third-order valence-electron chi connectivity index (χ3n) is 3.94. The molecule has 0 spiro atoms. The molecule has 0 aliphatic carbocycles. The predicted octanol–water partition coefficient (Wildman–Crippen LogP) is 4.24. The van der Waals surface area contributed by atoms with Crippen molar-refractivity contribution < 1.29 is 4.74 Å². The summed E-state index contributed by atoms with van der Waals surface area (Å²) in [6.45, 7) is 12.5. The van der Waals surface area contributed by atoms with E-state index in [4.69, 9.17) is 4.74 Å². The third-order valence-corrected chi connectivity index (χ3v) is 3.94. The van der Waals surface area contributed by atoms with E-state index in [9.17, 15) is 0 Å². The summed E-state index contributed by atoms with van der Waals surface area (Å²) in [5.41, 5.74) is 2.52. The number of hydrogen-bond acceptors (Lipinski definition) is 2. The maximum absolute atomic E-state index is 6.17. The van der Waals surface area contributed by atoms with E-state index in [-0.39, 0.29) is 11.6 Å². The van der Waals surface area contributed by atoms with Gasteiger partial charge >= 0.3 is 0 Å². The summed E-state index contributed by atoms with van der Waals surface area (Å²) < 4.78 is 6.17. The van der Waals surface area contributed by atoms with Gasteiger partial charge in [0.25, 0.3) is 0 Å². The van der Waals surface area contributed by atoms with Gasteiger partial charge in [0.05, 0.1) is 11.6 Å². The second-order valence-electron chi connectivity index (χ2n) is 5.11. The lowest BCUT2D eigenvalue weighted by atomic mass is 9.83. The minimum absolute atomic E-state index is 0.113. The molecule has 1 aromatic carbocycles. The molecular weight excluding hydrogens is 234 g/mol. The zero-order valence-corrected chi connectivity index (χ0v) is 13.1. The maximum atomic E-state index is 6.17. The number of ether oxygens (including phenoxy) is 1. The summed E-state index contributed by atoms with van der Waals surface area (Å²) in [6, 6.07) is 9.02. The Morgan fingerprint density at radius 1 is 1.16 bits per heavy atom. The summed E-state index contributed by atoms with van der Waals surface area (Å²) in [5.74, 6) is 0. The van der Waals surface area contributed by atoms with Gasteiger partial charge in [-0.15, -0.1) is 0 Å². The molecule has 0 saturated carbocycles. The average Bonchev–Trinajstić information content (AvgIpc) is 2.43. The Kier molecular flexibility index (Phi) is 6.53. The topological polar surface area (TPSA) is 21.3 Å². The first kappa shape index (κ1) is 16.2. The summed E-state index contributed by atoms with van der Waals surface area (Å²) in [6.07, 6.45) is 2.03. The van der Waals surface area contributed by atoms with Crippen LogP contribution in [0.5, 0.6) is 0 Å². The molecule has 1 N–H and O–H groups in total. The van der Waals surface area contributed by atoms with Crippen LogP contribution in [0.4, 0.5) is 0 Å². The van der Waals surface area contributed by atoms with Crippen LogP contribution >= 0.6 is 0 Å². The Labute approximate surface area is 118 Å². The van der Waals surface area contributed by atoms with Crippen molar-refractivity contribution in [3.8, 4) is 0 Å². The zero-order valence-electron chi connectivity index (χ0n) is 13.1. The molecule has 0 radical (unpaired) electrons. The van der Waals surface area contributed by atoms with Crippen LogP contribution < -0.4 is 5.32 Å². The second kappa shape index (κ2) is 7.66. The summed E-state index contributed by atoms with van der Waals surface area (Å²) in [5, 5.41) is 3.63. The van der Waals surface area contributed by atoms with E-state index < -0.39 is 0 Å². The highest BCUT2D eigenvalue weighted by molar-refractivity contribution is 5.27. The van der Waals surface area contributed by atoms with Gasteiger partial charge < -0.3 is 10.1 Å². The lowest BCUT2D eigenvalue weighted by molar-refractivity contribution is -0.0730. The van der Waals surface area contributed by atoms with Crippen molar-refractivity contribution in [2.24, 2.45) is 0 Å². The Bertz CT molecular complexity index is 371. The fourth-order valence-electron chi connectivity index (χ4n) is 2.89. The number of aryl methyl sites for hydroxylation is 1. The number of hydrogen-bond donors (Lipinski definition) is 1. The fraction of sp³-hybridized carbons (Fsp3) is 0.647. The van der Waals surface area contributed by atoms with E-state index in [1.54, 1.807) is 0 Å². The molecule has 2 heteroatoms. The molecular formula is C17H29NO. The summed E-state index contributed by atoms with van der Waals surface area (Å²) >= 11 is 0. The molecule has 0 saturated heterocycles. The average molecular weight is 263 g/mol. The maximum Gasteiger partial charge on any atom is 0.0870 e. The van der Waals surface area contributed by atoms with E-state index >= 15 is 0 Å². The highest BCUT2D eigenvalue weighted by atomic mass is 16.5. The Morgan fingerprint density at radius 2 is 1.84 bits per heavy atom. The Morgan fingerprint density at radius 3 is 2.32 bits per heavy atom. The molecule has 19 heavy (non-hydrogen) atoms. The van der Waals surface area contributed by atoms with Gasteiger partial charge in [0.1, 0.15) is 0 Å². The molecule has 1 atom stereocenters. The predicted molar refractivity (Wildman–Crippen MR) is 82.5 cm³/mol. The van der Waals surface area contributed by atoms with Crippen LogP contribution in [-0.4, -0.2) is 18.8 Å². The number of rotatable bonds is 8. The van der Waals surface area contributed by atoms with Crippen molar-refractivity contribution in [1.29, 1.82) is 0 Å². The van der Waals surface area contributed by atoms with Gasteiger partial charge in [-0.05, 0) is 38.8 Å². The largest absolute Gasteiger partial charge is 0.373 e. The van der Waals surface area contributed by atoms with Gasteiger partial charge in [0, 0.05) is 6.61 Å². The molecule has 2 nitrogen and oxygen atoms in total. The van der Waals surface area contributed by atoms with Crippen LogP contribution in [0.1, 0.15) is 57.7 Å². The molecule has 0 aliphatic rings. The van der Waals surface area contributed by atoms with Crippen molar-refractivity contribution in [3.63, 3.8) is 0 Å². The van der Waals surface area contributed by atoms with Crippen LogP contribution in [0.3, 0.4) is 0 Å². The zero-order chi connectivity index (χ0) is 14.3. The van der Waals surface area contributed by atoms with Gasteiger partial charge in [-0.1, -0.05) is 50.6 Å². The molecule has 1 unspecified atom stereocenters. The van der Waals surface area contributed by atoms with Crippen LogP contribution in [0, 0.1) is 6.92 Å². The van der Waals surface area contributed by atoms with Gasteiger partial charge in [-0.3, -0.25) is 0 Å². The minimum atomic E-state index is -0.113. The van der Waals surface area contributed by atoms with Crippen LogP contribution in [0.2, 0.25) is 0 Å². The van der Waals surface area contributed by atoms with Crippen molar-refractivity contribution in [1.82, 2.24) is 5.32 Å². The Hall–Kier alpha value is -0.860. The number of benzene rings is 1. The van der Waals surface area contributed by atoms with E-state index in [0.29, 0.717) is 0 Å². The SMILES string of the molecule is CCNC(c1cccc(C)c1)C(CC)(CC)OCC. The van der Waals surface area contributed by atoms with Crippen molar-refractivity contribution >= 4 is 0 Å². The Balaban J connectivity index is 3.16. The van der Waals surface area contributed by atoms with Crippen molar-refractivity contribution in [2.45, 2.75) is 59.1 Å². The van der Waals surface area contributed by atoms with Crippen molar-refractivity contribution in [3.05, 3.63) is 35.4 Å². The molecule has 1 rings (SSSR count). The van der Waals surface area contributed by atoms with Gasteiger partial charge in [0.15, 0.2) is 0 Å². The number of nitrogens with one attached hydrogen (secondary N) is 1. The minimum Gasteiger partial charge on any atom is -0.373 e. The van der Waals surface area contributed by atoms with Crippen LogP contribution in [-0.2, 0) is 4.74 Å². The lowest BCUT2D eigenvalue weighted by Crippen LogP contribution is -2.45. The fourth-order valence-corrected chi connectivity index (χ4v) is 2.89. The smallest absolute Gasteiger partial charge is 0.0870 e. The normalized spacial score (nSPS) is 13.5. The molecule has 0 fully saturated rings. The van der Waals surface area contributed by atoms with E-state index in [2.05, 4.69) is 64.2 Å². The molecule has 0 aromatic heterocycles. The first-order valence-electron chi connectivity index (χ1n) is 7.57. The highest BCUT2D eigenvalue weighted by Gasteiger charge is 2.37. The van der Waals surface area contributed by atoms with Crippen LogP contribution in [0.15, 0.2) is 24.3 Å². The molecule has 108 valence electrons. The second-order valence-corrected chi connectivity index (χ2v) is 5.11. The van der Waals surface area contributed by atoms with Gasteiger partial charge in [-0.2, -0.15) is 0 Å². The molecule has 0 bridgehead atoms. The molecule has 1 aromatic rings. The van der Waals surface area contributed by atoms with Crippen molar-refractivity contribution in [2.75, 3.05) is 13.2 Å². The summed E-state index contributed by atoms with van der Waals surface area (Å²) in [4.78, 5) is 0. The van der Waals surface area contributed by atoms with Gasteiger partial charge in [0.2, 0.25) is 0 Å². The van der Waals surface area contributed by atoms with E-state index in [1.807, 2.05) is 0 Å². The van der Waals surface area contributed by atoms with Crippen LogP contribution in [0.25, 0.3) is 0 Å².